The number of likely N-dealkylation sites (tertiary alicyclic amines) is 1. The minimum atomic E-state index is -1.12. The number of amides is 3. The molecule has 2 unspecified atom stereocenters. The Morgan fingerprint density at radius 3 is 2.40 bits per heavy atom. The highest BCUT2D eigenvalue weighted by atomic mass is 16.5. The number of nitrogens with zero attached hydrogens (tertiary/aromatic N) is 1. The van der Waals surface area contributed by atoms with Crippen molar-refractivity contribution in [3.8, 4) is 5.75 Å². The van der Waals surface area contributed by atoms with Gasteiger partial charge in [-0.05, 0) is 86.2 Å². The van der Waals surface area contributed by atoms with Crippen molar-refractivity contribution in [2.24, 2.45) is 11.8 Å². The van der Waals surface area contributed by atoms with Crippen molar-refractivity contribution in [3.63, 3.8) is 0 Å². The van der Waals surface area contributed by atoms with E-state index in [1.54, 1.807) is 29.2 Å². The van der Waals surface area contributed by atoms with Crippen LogP contribution in [0.1, 0.15) is 46.0 Å². The summed E-state index contributed by atoms with van der Waals surface area (Å²) in [6, 6.07) is 19.9. The lowest BCUT2D eigenvalue weighted by molar-refractivity contribution is -0.144. The zero-order valence-corrected chi connectivity index (χ0v) is 24.7. The number of carbonyl (C=O) groups excluding carboxylic acids is 3. The number of unbranched alkanes of at least 4 members (excludes halogenated alkanes) is 1. The molecule has 3 aliphatic rings. The molecule has 0 aliphatic carbocycles. The van der Waals surface area contributed by atoms with E-state index in [1.807, 2.05) is 56.3 Å². The second-order valence-electron chi connectivity index (χ2n) is 11.8. The largest absolute Gasteiger partial charge is 0.494 e. The lowest BCUT2D eigenvalue weighted by atomic mass is 9.65. The zero-order valence-electron chi connectivity index (χ0n) is 24.7. The van der Waals surface area contributed by atoms with Crippen LogP contribution in [-0.4, -0.2) is 64.7 Å². The summed E-state index contributed by atoms with van der Waals surface area (Å²) >= 11 is 0. The molecule has 3 aromatic carbocycles. The number of hydrogen-bond acceptors (Lipinski definition) is 6. The van der Waals surface area contributed by atoms with Crippen LogP contribution in [0, 0.1) is 11.8 Å². The van der Waals surface area contributed by atoms with Crippen LogP contribution in [0.15, 0.2) is 66.7 Å². The van der Waals surface area contributed by atoms with Crippen LogP contribution in [0.4, 0.5) is 11.4 Å². The van der Waals surface area contributed by atoms with E-state index in [0.717, 1.165) is 10.8 Å². The van der Waals surface area contributed by atoms with Gasteiger partial charge in [-0.25, -0.2) is 0 Å². The summed E-state index contributed by atoms with van der Waals surface area (Å²) in [5.41, 5.74) is -0.719. The molecule has 6 rings (SSSR count). The molecule has 3 fully saturated rings. The summed E-state index contributed by atoms with van der Waals surface area (Å²) in [4.78, 5) is 44.0. The summed E-state index contributed by atoms with van der Waals surface area (Å²) in [5, 5.41) is 17.6. The van der Waals surface area contributed by atoms with Crippen molar-refractivity contribution < 1.29 is 29.0 Å². The molecule has 0 aromatic heterocycles. The van der Waals surface area contributed by atoms with Crippen LogP contribution in [-0.2, 0) is 19.1 Å². The third-order valence-corrected chi connectivity index (χ3v) is 9.47. The molecule has 9 nitrogen and oxygen atoms in total. The fourth-order valence-corrected chi connectivity index (χ4v) is 7.55. The van der Waals surface area contributed by atoms with Crippen molar-refractivity contribution in [2.75, 3.05) is 30.4 Å². The van der Waals surface area contributed by atoms with Crippen molar-refractivity contribution in [2.45, 2.75) is 63.2 Å². The minimum Gasteiger partial charge on any atom is -0.494 e. The van der Waals surface area contributed by atoms with E-state index in [1.165, 1.54) is 0 Å². The van der Waals surface area contributed by atoms with Crippen molar-refractivity contribution >= 4 is 39.9 Å². The second kappa shape index (κ2) is 11.6. The number of ether oxygens (including phenoxy) is 2. The maximum atomic E-state index is 14.3. The summed E-state index contributed by atoms with van der Waals surface area (Å²) < 4.78 is 12.4. The third-order valence-electron chi connectivity index (χ3n) is 9.47. The Labute approximate surface area is 251 Å². The lowest BCUT2D eigenvalue weighted by Gasteiger charge is -2.34. The predicted molar refractivity (Wildman–Crippen MR) is 164 cm³/mol. The Morgan fingerprint density at radius 1 is 0.953 bits per heavy atom. The van der Waals surface area contributed by atoms with E-state index in [4.69, 9.17) is 9.47 Å². The number of nitrogens with one attached hydrogen (secondary N) is 2. The van der Waals surface area contributed by atoms with Crippen molar-refractivity contribution in [3.05, 3.63) is 66.7 Å². The minimum absolute atomic E-state index is 0.00683. The number of anilines is 2. The Morgan fingerprint density at radius 2 is 1.67 bits per heavy atom. The van der Waals surface area contributed by atoms with Crippen LogP contribution in [0.3, 0.4) is 0 Å². The molecule has 226 valence electrons. The van der Waals surface area contributed by atoms with Gasteiger partial charge in [-0.3, -0.25) is 14.4 Å². The van der Waals surface area contributed by atoms with E-state index >= 15 is 0 Å². The Kier molecular flexibility index (Phi) is 7.87. The molecule has 0 radical (unpaired) electrons. The number of aliphatic hydroxyl groups excluding tert-OH is 1. The molecule has 3 heterocycles. The summed E-state index contributed by atoms with van der Waals surface area (Å²) in [6.07, 6.45) is 2.67. The average Bonchev–Trinajstić information content (AvgIpc) is 3.62. The number of fused-ring (bicyclic) bond motifs is 2. The van der Waals surface area contributed by atoms with Gasteiger partial charge in [0.1, 0.15) is 17.4 Å². The highest BCUT2D eigenvalue weighted by Crippen LogP contribution is 2.64. The Balaban J connectivity index is 1.32. The van der Waals surface area contributed by atoms with E-state index in [0.29, 0.717) is 62.4 Å². The molecule has 5 atom stereocenters. The standard InChI is InChI=1S/C34H39N3O6/c1-3-33-17-18-34(43-33)28(27(33)30(39)35-24-13-15-26(16-14-24)42-4-2)32(41)37(19-7-8-20-38)29(34)31(40)36-25-12-11-22-9-5-6-10-23(22)21-25/h5-6,9-16,21,27-29,38H,3-4,7-8,17-20H2,1-2H3,(H,35,39)(H,36,40)/t27-,28-,29?,33+,34?/m0/s1. The first kappa shape index (κ1) is 29.1. The van der Waals surface area contributed by atoms with Gasteiger partial charge in [0.25, 0.3) is 0 Å². The molecule has 1 spiro atoms. The van der Waals surface area contributed by atoms with Gasteiger partial charge < -0.3 is 30.1 Å². The fourth-order valence-electron chi connectivity index (χ4n) is 7.55. The van der Waals surface area contributed by atoms with Crippen LogP contribution in [0.5, 0.6) is 5.75 Å². The molecule has 9 heteroatoms. The molecule has 3 amide bonds. The van der Waals surface area contributed by atoms with Gasteiger partial charge in [-0.15, -0.1) is 0 Å². The van der Waals surface area contributed by atoms with Gasteiger partial charge in [0, 0.05) is 24.5 Å². The molecule has 0 saturated carbocycles. The average molecular weight is 586 g/mol. The first-order valence-corrected chi connectivity index (χ1v) is 15.3. The van der Waals surface area contributed by atoms with Gasteiger partial charge in [0.2, 0.25) is 17.7 Å². The van der Waals surface area contributed by atoms with Gasteiger partial charge in [-0.1, -0.05) is 37.3 Å². The van der Waals surface area contributed by atoms with Crippen LogP contribution < -0.4 is 15.4 Å². The number of benzene rings is 3. The number of carbonyl (C=O) groups is 3. The topological polar surface area (TPSA) is 117 Å². The van der Waals surface area contributed by atoms with Gasteiger partial charge >= 0.3 is 0 Å². The highest BCUT2D eigenvalue weighted by Gasteiger charge is 2.78. The van der Waals surface area contributed by atoms with E-state index < -0.39 is 29.1 Å². The quantitative estimate of drug-likeness (QED) is 0.280. The van der Waals surface area contributed by atoms with Gasteiger partial charge in [0.15, 0.2) is 0 Å². The maximum Gasteiger partial charge on any atom is 0.250 e. The molecule has 3 N–H and O–H groups in total. The smallest absolute Gasteiger partial charge is 0.250 e. The van der Waals surface area contributed by atoms with Crippen molar-refractivity contribution in [1.82, 2.24) is 4.90 Å². The van der Waals surface area contributed by atoms with E-state index in [-0.39, 0.29) is 24.3 Å². The Hall–Kier alpha value is -3.95. The molecular weight excluding hydrogens is 546 g/mol. The molecule has 3 aliphatic heterocycles. The first-order chi connectivity index (χ1) is 20.9. The fraction of sp³-hybridized carbons (Fsp3) is 0.441. The summed E-state index contributed by atoms with van der Waals surface area (Å²) in [5.74, 6) is -1.67. The number of aliphatic hydroxyl groups is 1. The first-order valence-electron chi connectivity index (χ1n) is 15.3. The summed E-state index contributed by atoms with van der Waals surface area (Å²) in [7, 11) is 0. The Bertz CT molecular complexity index is 1530. The highest BCUT2D eigenvalue weighted by molar-refractivity contribution is 6.06. The van der Waals surface area contributed by atoms with Crippen LogP contribution >= 0.6 is 0 Å². The molecule has 3 aromatic rings. The van der Waals surface area contributed by atoms with E-state index in [2.05, 4.69) is 10.6 Å². The lowest BCUT2D eigenvalue weighted by Crippen LogP contribution is -2.53. The molecule has 43 heavy (non-hydrogen) atoms. The third kappa shape index (κ3) is 4.94. The predicted octanol–water partition coefficient (Wildman–Crippen LogP) is 4.74. The molecular formula is C34H39N3O6. The normalized spacial score (nSPS) is 27.4. The van der Waals surface area contributed by atoms with Gasteiger partial charge in [-0.2, -0.15) is 0 Å². The summed E-state index contributed by atoms with van der Waals surface area (Å²) in [6.45, 7) is 4.72. The number of rotatable bonds is 11. The second-order valence-corrected chi connectivity index (χ2v) is 11.8. The van der Waals surface area contributed by atoms with Crippen LogP contribution in [0.25, 0.3) is 10.8 Å². The van der Waals surface area contributed by atoms with E-state index in [9.17, 15) is 19.5 Å². The van der Waals surface area contributed by atoms with Crippen LogP contribution in [0.2, 0.25) is 0 Å². The molecule has 3 saturated heterocycles. The maximum absolute atomic E-state index is 14.3. The zero-order chi connectivity index (χ0) is 30.2. The monoisotopic (exact) mass is 585 g/mol. The van der Waals surface area contributed by atoms with Crippen molar-refractivity contribution in [1.29, 1.82) is 0 Å². The van der Waals surface area contributed by atoms with Gasteiger partial charge in [0.05, 0.1) is 24.0 Å². The molecule has 2 bridgehead atoms. The number of hydrogen-bond donors (Lipinski definition) is 3. The SMILES string of the molecule is CCOc1ccc(NC(=O)[C@@H]2[C@H]3C(=O)N(CCCCO)C(C(=O)Nc4ccc5ccccc5c4)C34CC[C@@]2(CC)O4)cc1.